The molecule has 31 heavy (non-hydrogen) atoms. The van der Waals surface area contributed by atoms with Crippen molar-refractivity contribution < 1.29 is 14.3 Å². The number of nitrogens with two attached hydrogens (primary N) is 1. The van der Waals surface area contributed by atoms with E-state index in [9.17, 15) is 4.79 Å². The third-order valence-electron chi connectivity index (χ3n) is 4.50. The Balaban J connectivity index is 1.42. The maximum absolute atomic E-state index is 12.0. The van der Waals surface area contributed by atoms with E-state index in [4.69, 9.17) is 38.4 Å². The number of amides is 1. The normalized spacial score (nSPS) is 14.1. The van der Waals surface area contributed by atoms with Crippen molar-refractivity contribution in [2.75, 3.05) is 62.5 Å². The molecule has 10 nitrogen and oxygen atoms in total. The summed E-state index contributed by atoms with van der Waals surface area (Å²) >= 11 is 11.9. The molecule has 0 bridgehead atoms. The van der Waals surface area contributed by atoms with Crippen LogP contribution in [0.15, 0.2) is 24.5 Å². The molecule has 3 rings (SSSR count). The average Bonchev–Trinajstić information content (AvgIpc) is 2.77. The number of halogens is 2. The molecule has 0 radical (unpaired) electrons. The van der Waals surface area contributed by atoms with Crippen LogP contribution in [-0.2, 0) is 9.53 Å². The van der Waals surface area contributed by atoms with Crippen LogP contribution in [0.4, 0.5) is 17.3 Å². The first-order chi connectivity index (χ1) is 15.0. The second-order valence-electron chi connectivity index (χ2n) is 6.76. The fourth-order valence-electron chi connectivity index (χ4n) is 2.87. The predicted molar refractivity (Wildman–Crippen MR) is 121 cm³/mol. The summed E-state index contributed by atoms with van der Waals surface area (Å²) in [6, 6.07) is 4.74. The lowest BCUT2D eigenvalue weighted by Crippen LogP contribution is -2.37. The number of ether oxygens (including phenoxy) is 2. The Labute approximate surface area is 190 Å². The smallest absolute Gasteiger partial charge is 0.276 e. The van der Waals surface area contributed by atoms with Gasteiger partial charge in [0.05, 0.1) is 18.2 Å². The summed E-state index contributed by atoms with van der Waals surface area (Å²) in [5, 5.41) is 4.00. The lowest BCUT2D eigenvalue weighted by Gasteiger charge is -2.26. The van der Waals surface area contributed by atoms with Gasteiger partial charge in [0.1, 0.15) is 17.8 Å². The van der Waals surface area contributed by atoms with Crippen molar-refractivity contribution in [3.8, 4) is 5.75 Å². The molecule has 0 atom stereocenters. The van der Waals surface area contributed by atoms with Crippen LogP contribution in [0, 0.1) is 0 Å². The van der Waals surface area contributed by atoms with Gasteiger partial charge in [-0.1, -0.05) is 23.2 Å². The van der Waals surface area contributed by atoms with Crippen LogP contribution < -0.4 is 26.6 Å². The number of aromatic nitrogens is 2. The second-order valence-corrected chi connectivity index (χ2v) is 7.60. The standard InChI is InChI=1S/C19H25Cl2N7O3/c20-13-2-3-15(14(21)10-13)31-11-16(29)26-27-19-17(22)18(24-12-25-19)23-4-1-5-28-6-8-30-9-7-28/h2-3,10,12H,1,4-9,11,22H2,(H,26,29)(H2,23,24,25,27). The highest BCUT2D eigenvalue weighted by Gasteiger charge is 2.12. The van der Waals surface area contributed by atoms with E-state index >= 15 is 0 Å². The summed E-state index contributed by atoms with van der Waals surface area (Å²) in [6.45, 7) is 4.90. The molecule has 1 amide bonds. The molecule has 2 heterocycles. The number of hydrogen-bond donors (Lipinski definition) is 4. The van der Waals surface area contributed by atoms with Gasteiger partial charge in [-0.25, -0.2) is 9.97 Å². The fraction of sp³-hybridized carbons (Fsp3) is 0.421. The Morgan fingerprint density at radius 3 is 2.77 bits per heavy atom. The minimum atomic E-state index is -0.441. The van der Waals surface area contributed by atoms with Crippen molar-refractivity contribution in [2.45, 2.75) is 6.42 Å². The number of anilines is 3. The lowest BCUT2D eigenvalue weighted by atomic mass is 10.3. The number of carbonyl (C=O) groups is 1. The maximum Gasteiger partial charge on any atom is 0.276 e. The van der Waals surface area contributed by atoms with Gasteiger partial charge >= 0.3 is 0 Å². The largest absolute Gasteiger partial charge is 0.482 e. The van der Waals surface area contributed by atoms with Gasteiger partial charge in [-0.15, -0.1) is 0 Å². The van der Waals surface area contributed by atoms with Crippen LogP contribution in [0.2, 0.25) is 10.0 Å². The third kappa shape index (κ3) is 7.28. The van der Waals surface area contributed by atoms with Crippen molar-refractivity contribution in [3.05, 3.63) is 34.6 Å². The molecule has 0 saturated carbocycles. The number of hydrogen-bond acceptors (Lipinski definition) is 9. The van der Waals surface area contributed by atoms with Crippen LogP contribution in [0.25, 0.3) is 0 Å². The van der Waals surface area contributed by atoms with E-state index in [0.29, 0.717) is 33.8 Å². The van der Waals surface area contributed by atoms with Crippen molar-refractivity contribution in [1.82, 2.24) is 20.3 Å². The van der Waals surface area contributed by atoms with Gasteiger partial charge in [0, 0.05) is 24.7 Å². The highest BCUT2D eigenvalue weighted by molar-refractivity contribution is 6.35. The van der Waals surface area contributed by atoms with Crippen molar-refractivity contribution in [2.24, 2.45) is 0 Å². The summed E-state index contributed by atoms with van der Waals surface area (Å²) in [4.78, 5) is 22.6. The zero-order chi connectivity index (χ0) is 22.1. The fourth-order valence-corrected chi connectivity index (χ4v) is 3.33. The summed E-state index contributed by atoms with van der Waals surface area (Å²) in [7, 11) is 0. The third-order valence-corrected chi connectivity index (χ3v) is 5.03. The number of nitrogens with one attached hydrogen (secondary N) is 3. The van der Waals surface area contributed by atoms with E-state index < -0.39 is 5.91 Å². The minimum absolute atomic E-state index is 0.258. The summed E-state index contributed by atoms with van der Waals surface area (Å²) in [5.74, 6) is 0.692. The number of morpholine rings is 1. The molecule has 12 heteroatoms. The molecule has 1 saturated heterocycles. The molecule has 1 fully saturated rings. The van der Waals surface area contributed by atoms with Crippen LogP contribution in [0.3, 0.4) is 0 Å². The number of nitrogen functional groups attached to an aromatic ring is 1. The average molecular weight is 470 g/mol. The first kappa shape index (κ1) is 23.1. The Kier molecular flexibility index (Phi) is 8.77. The molecule has 0 aliphatic carbocycles. The van der Waals surface area contributed by atoms with E-state index in [1.165, 1.54) is 12.4 Å². The predicted octanol–water partition coefficient (Wildman–Crippen LogP) is 2.02. The molecule has 5 N–H and O–H groups in total. The van der Waals surface area contributed by atoms with E-state index in [1.54, 1.807) is 12.1 Å². The number of benzene rings is 1. The summed E-state index contributed by atoms with van der Waals surface area (Å²) < 4.78 is 10.7. The van der Waals surface area contributed by atoms with E-state index in [1.807, 2.05) is 0 Å². The topological polar surface area (TPSA) is 127 Å². The molecule has 168 valence electrons. The first-order valence-electron chi connectivity index (χ1n) is 9.80. The van der Waals surface area contributed by atoms with Gasteiger partial charge in [-0.3, -0.25) is 20.5 Å². The van der Waals surface area contributed by atoms with Crippen LogP contribution >= 0.6 is 23.2 Å². The molecule has 1 aromatic carbocycles. The van der Waals surface area contributed by atoms with Gasteiger partial charge in [0.2, 0.25) is 0 Å². The molecule has 0 spiro atoms. The molecule has 2 aromatic rings. The molecular weight excluding hydrogens is 445 g/mol. The quantitative estimate of drug-likeness (QED) is 0.305. The Morgan fingerprint density at radius 2 is 2.00 bits per heavy atom. The lowest BCUT2D eigenvalue weighted by molar-refractivity contribution is -0.122. The van der Waals surface area contributed by atoms with E-state index in [0.717, 1.165) is 39.3 Å². The minimum Gasteiger partial charge on any atom is -0.482 e. The SMILES string of the molecule is Nc1c(NCCCN2CCOCC2)ncnc1NNC(=O)COc1ccc(Cl)cc1Cl. The second kappa shape index (κ2) is 11.8. The van der Waals surface area contributed by atoms with Crippen molar-refractivity contribution in [3.63, 3.8) is 0 Å². The molecule has 1 aliphatic rings. The maximum atomic E-state index is 12.0. The van der Waals surface area contributed by atoms with Gasteiger partial charge in [0.15, 0.2) is 18.2 Å². The molecule has 1 aliphatic heterocycles. The summed E-state index contributed by atoms with van der Waals surface area (Å²) in [6.07, 6.45) is 2.30. The van der Waals surface area contributed by atoms with Crippen molar-refractivity contribution in [1.29, 1.82) is 0 Å². The molecule has 0 unspecified atom stereocenters. The molecular formula is C19H25Cl2N7O3. The highest BCUT2D eigenvalue weighted by atomic mass is 35.5. The Morgan fingerprint density at radius 1 is 1.23 bits per heavy atom. The molecule has 1 aromatic heterocycles. The number of carbonyl (C=O) groups excluding carboxylic acids is 1. The van der Waals surface area contributed by atoms with E-state index in [-0.39, 0.29) is 12.4 Å². The zero-order valence-corrected chi connectivity index (χ0v) is 18.4. The monoisotopic (exact) mass is 469 g/mol. The summed E-state index contributed by atoms with van der Waals surface area (Å²) in [5.41, 5.74) is 11.6. The highest BCUT2D eigenvalue weighted by Crippen LogP contribution is 2.27. The van der Waals surface area contributed by atoms with Crippen LogP contribution in [-0.4, -0.2) is 66.8 Å². The Bertz CT molecular complexity index is 882. The van der Waals surface area contributed by atoms with Gasteiger partial charge in [-0.05, 0) is 31.2 Å². The number of rotatable bonds is 10. The van der Waals surface area contributed by atoms with Gasteiger partial charge in [-0.2, -0.15) is 0 Å². The van der Waals surface area contributed by atoms with Gasteiger partial charge < -0.3 is 20.5 Å². The van der Waals surface area contributed by atoms with E-state index in [2.05, 4.69) is 31.0 Å². The van der Waals surface area contributed by atoms with Gasteiger partial charge in [0.25, 0.3) is 5.91 Å². The number of nitrogens with zero attached hydrogens (tertiary/aromatic N) is 3. The Hall–Kier alpha value is -2.53. The van der Waals surface area contributed by atoms with Crippen molar-refractivity contribution >= 4 is 46.4 Å². The zero-order valence-electron chi connectivity index (χ0n) is 16.9. The van der Waals surface area contributed by atoms with Crippen LogP contribution in [0.5, 0.6) is 5.75 Å². The first-order valence-corrected chi connectivity index (χ1v) is 10.6. The van der Waals surface area contributed by atoms with Crippen LogP contribution in [0.1, 0.15) is 6.42 Å². The number of hydrazine groups is 1.